The van der Waals surface area contributed by atoms with Gasteiger partial charge in [0, 0.05) is 23.6 Å². The monoisotopic (exact) mass is 618 g/mol. The van der Waals surface area contributed by atoms with E-state index in [2.05, 4.69) is 14.7 Å². The Hall–Kier alpha value is -4.43. The summed E-state index contributed by atoms with van der Waals surface area (Å²) in [5.74, 6) is -2.71. The highest BCUT2D eigenvalue weighted by Gasteiger charge is 2.76. The third kappa shape index (κ3) is 4.89. The van der Waals surface area contributed by atoms with Crippen LogP contribution in [-0.2, 0) is 20.7 Å². The average molecular weight is 618 g/mol. The molecule has 0 aromatic heterocycles. The standard InChI is InChI=1S/C28H19F9N2O4/c1-13-8-15(10-16(40)9-13)23-39-22-7-5-18(12-20(22)25(43-23,27(32,33)34)28(35,36)37)41-17-4-6-21-19(11-17)24(3,26(29,30)31)42-14(2)38-21/h4-12,40H,1-3H3. The third-order valence-electron chi connectivity index (χ3n) is 6.81. The minimum Gasteiger partial charge on any atom is -0.508 e. The Morgan fingerprint density at radius 2 is 1.26 bits per heavy atom. The molecule has 3 aromatic carbocycles. The molecule has 0 spiro atoms. The summed E-state index contributed by atoms with van der Waals surface area (Å²) in [6, 6.07) is 8.71. The Bertz CT molecular complexity index is 1640. The van der Waals surface area contributed by atoms with E-state index in [0.29, 0.717) is 11.6 Å². The predicted molar refractivity (Wildman–Crippen MR) is 134 cm³/mol. The maximum atomic E-state index is 14.5. The zero-order chi connectivity index (χ0) is 31.8. The second-order valence-corrected chi connectivity index (χ2v) is 9.98. The van der Waals surface area contributed by atoms with Gasteiger partial charge in [0.2, 0.25) is 11.5 Å². The molecule has 0 aliphatic carbocycles. The van der Waals surface area contributed by atoms with Crippen molar-refractivity contribution in [2.45, 2.75) is 50.5 Å². The van der Waals surface area contributed by atoms with Gasteiger partial charge >= 0.3 is 24.1 Å². The number of phenols is 1. The number of alkyl halides is 9. The summed E-state index contributed by atoms with van der Waals surface area (Å²) < 4.78 is 144. The molecule has 6 nitrogen and oxygen atoms in total. The van der Waals surface area contributed by atoms with E-state index < -0.39 is 63.9 Å². The molecule has 2 heterocycles. The van der Waals surface area contributed by atoms with Crippen molar-refractivity contribution < 1.29 is 58.8 Å². The fourth-order valence-corrected chi connectivity index (χ4v) is 4.83. The molecule has 5 rings (SSSR count). The highest BCUT2D eigenvalue weighted by molar-refractivity contribution is 5.98. The molecule has 0 amide bonds. The van der Waals surface area contributed by atoms with Gasteiger partial charge in [-0.15, -0.1) is 0 Å². The Balaban J connectivity index is 1.64. The lowest BCUT2D eigenvalue weighted by Crippen LogP contribution is -2.57. The lowest BCUT2D eigenvalue weighted by molar-refractivity contribution is -0.370. The lowest BCUT2D eigenvalue weighted by atomic mass is 9.88. The molecule has 0 fully saturated rings. The molecule has 0 bridgehead atoms. The van der Waals surface area contributed by atoms with Gasteiger partial charge in [-0.2, -0.15) is 39.5 Å². The number of halogens is 9. The highest BCUT2D eigenvalue weighted by atomic mass is 19.4. The maximum Gasteiger partial charge on any atom is 0.442 e. The third-order valence-corrected chi connectivity index (χ3v) is 6.81. The SMILES string of the molecule is CC1=Nc2ccc(Oc3ccc4c(c3)C(C(F)(F)F)(C(F)(F)F)OC(c3cc(C)cc(O)c3)=N4)cc2C(C)(C(F)(F)F)O1. The van der Waals surface area contributed by atoms with Gasteiger partial charge in [0.15, 0.2) is 5.90 Å². The van der Waals surface area contributed by atoms with Gasteiger partial charge in [0.05, 0.1) is 11.4 Å². The zero-order valence-electron chi connectivity index (χ0n) is 22.2. The first kappa shape index (κ1) is 30.0. The number of benzene rings is 3. The first-order valence-electron chi connectivity index (χ1n) is 12.3. The number of aromatic hydroxyl groups is 1. The van der Waals surface area contributed by atoms with E-state index in [0.717, 1.165) is 43.3 Å². The van der Waals surface area contributed by atoms with Gasteiger partial charge < -0.3 is 19.3 Å². The molecule has 2 aliphatic heterocycles. The van der Waals surface area contributed by atoms with Crippen molar-refractivity contribution in [2.75, 3.05) is 0 Å². The Kier molecular flexibility index (Phi) is 6.67. The number of ether oxygens (including phenoxy) is 3. The summed E-state index contributed by atoms with van der Waals surface area (Å²) in [6.45, 7) is 3.41. The average Bonchev–Trinajstić information content (AvgIpc) is 2.85. The smallest absolute Gasteiger partial charge is 0.442 e. The molecule has 0 saturated carbocycles. The van der Waals surface area contributed by atoms with E-state index in [1.165, 1.54) is 26.0 Å². The summed E-state index contributed by atoms with van der Waals surface area (Å²) in [6.07, 6.45) is -17.1. The van der Waals surface area contributed by atoms with Crippen molar-refractivity contribution in [1.29, 1.82) is 0 Å². The van der Waals surface area contributed by atoms with Crippen molar-refractivity contribution in [3.05, 3.63) is 76.9 Å². The van der Waals surface area contributed by atoms with Crippen molar-refractivity contribution in [1.82, 2.24) is 0 Å². The fourth-order valence-electron chi connectivity index (χ4n) is 4.83. The Morgan fingerprint density at radius 3 is 1.79 bits per heavy atom. The number of phenolic OH excluding ortho intramolecular Hbond substituents is 1. The molecule has 1 unspecified atom stereocenters. The normalized spacial score (nSPS) is 19.7. The number of nitrogens with zero attached hydrogens (tertiary/aromatic N) is 2. The minimum absolute atomic E-state index is 0.119. The first-order valence-corrected chi connectivity index (χ1v) is 12.3. The van der Waals surface area contributed by atoms with Crippen LogP contribution >= 0.6 is 0 Å². The first-order chi connectivity index (χ1) is 19.7. The topological polar surface area (TPSA) is 72.6 Å². The molecule has 2 aliphatic rings. The molecule has 0 saturated heterocycles. The van der Waals surface area contributed by atoms with Crippen LogP contribution in [0, 0.1) is 6.92 Å². The molecule has 1 atom stereocenters. The zero-order valence-corrected chi connectivity index (χ0v) is 22.2. The highest BCUT2D eigenvalue weighted by Crippen LogP contribution is 2.58. The van der Waals surface area contributed by atoms with E-state index in [9.17, 15) is 44.6 Å². The van der Waals surface area contributed by atoms with Gasteiger partial charge in [0.1, 0.15) is 17.2 Å². The predicted octanol–water partition coefficient (Wildman–Crippen LogP) is 8.78. The van der Waals surface area contributed by atoms with Crippen LogP contribution < -0.4 is 4.74 Å². The van der Waals surface area contributed by atoms with Crippen molar-refractivity contribution >= 4 is 23.2 Å². The molecule has 3 aromatic rings. The largest absolute Gasteiger partial charge is 0.508 e. The van der Waals surface area contributed by atoms with Crippen molar-refractivity contribution in [3.63, 3.8) is 0 Å². The Labute approximate surface area is 237 Å². The van der Waals surface area contributed by atoms with Crippen LogP contribution in [0.15, 0.2) is 64.6 Å². The minimum atomic E-state index is -6.08. The number of rotatable bonds is 3. The molecule has 1 N–H and O–H groups in total. The van der Waals surface area contributed by atoms with Crippen molar-refractivity contribution in [3.8, 4) is 17.2 Å². The summed E-state index contributed by atoms with van der Waals surface area (Å²) in [7, 11) is 0. The van der Waals surface area contributed by atoms with E-state index in [4.69, 9.17) is 9.47 Å². The Morgan fingerprint density at radius 1 is 0.698 bits per heavy atom. The van der Waals surface area contributed by atoms with E-state index in [1.54, 1.807) is 0 Å². The van der Waals surface area contributed by atoms with E-state index in [1.807, 2.05) is 0 Å². The van der Waals surface area contributed by atoms with Gasteiger partial charge in [-0.25, -0.2) is 9.98 Å². The van der Waals surface area contributed by atoms with Crippen LogP contribution in [0.4, 0.5) is 50.9 Å². The lowest BCUT2D eigenvalue weighted by Gasteiger charge is -2.40. The van der Waals surface area contributed by atoms with Crippen molar-refractivity contribution in [2.24, 2.45) is 9.98 Å². The second-order valence-electron chi connectivity index (χ2n) is 9.98. The maximum absolute atomic E-state index is 14.5. The quantitative estimate of drug-likeness (QED) is 0.298. The summed E-state index contributed by atoms with van der Waals surface area (Å²) in [5, 5.41) is 9.86. The number of hydrogen-bond donors (Lipinski definition) is 1. The van der Waals surface area contributed by atoms with E-state index >= 15 is 0 Å². The van der Waals surface area contributed by atoms with Crippen LogP contribution in [0.1, 0.15) is 36.1 Å². The van der Waals surface area contributed by atoms with Crippen LogP contribution in [-0.4, -0.2) is 35.4 Å². The molecule has 15 heteroatoms. The van der Waals surface area contributed by atoms with Crippen LogP contribution in [0.25, 0.3) is 0 Å². The van der Waals surface area contributed by atoms with Gasteiger partial charge in [-0.3, -0.25) is 0 Å². The van der Waals surface area contributed by atoms with E-state index in [-0.39, 0.29) is 22.9 Å². The fraction of sp³-hybridized carbons (Fsp3) is 0.286. The van der Waals surface area contributed by atoms with Crippen LogP contribution in [0.3, 0.4) is 0 Å². The summed E-state index contributed by atoms with van der Waals surface area (Å²) in [5.41, 5.74) is -10.7. The molecular formula is C28H19F9N2O4. The number of aliphatic imine (C=N–C) groups is 2. The second kappa shape index (κ2) is 9.54. The van der Waals surface area contributed by atoms with Gasteiger partial charge in [-0.05, 0) is 74.0 Å². The molecular weight excluding hydrogens is 599 g/mol. The number of fused-ring (bicyclic) bond motifs is 2. The molecule has 43 heavy (non-hydrogen) atoms. The summed E-state index contributed by atoms with van der Waals surface area (Å²) >= 11 is 0. The number of aryl methyl sites for hydroxylation is 1. The summed E-state index contributed by atoms with van der Waals surface area (Å²) in [4.78, 5) is 7.77. The number of hydrogen-bond acceptors (Lipinski definition) is 6. The molecule has 0 radical (unpaired) electrons. The van der Waals surface area contributed by atoms with Crippen LogP contribution in [0.5, 0.6) is 17.2 Å². The molecule has 228 valence electrons. The van der Waals surface area contributed by atoms with Crippen LogP contribution in [0.2, 0.25) is 0 Å². The van der Waals surface area contributed by atoms with Gasteiger partial charge in [-0.1, -0.05) is 0 Å². The van der Waals surface area contributed by atoms with Gasteiger partial charge in [0.25, 0.3) is 0 Å².